The van der Waals surface area contributed by atoms with Gasteiger partial charge in [0.1, 0.15) is 5.75 Å². The standard InChI is InChI=1S/C20H25NO2/c1-5-18(17-10-8-7-9-14(17)3)21-20(22)16-11-12-19(23-6-2)15(4)13-16/h7-13,18H,5-6H2,1-4H3,(H,21,22)/t18-/m1/s1. The molecule has 2 rings (SSSR count). The highest BCUT2D eigenvalue weighted by atomic mass is 16.5. The van der Waals surface area contributed by atoms with Crippen LogP contribution in [0.15, 0.2) is 42.5 Å². The van der Waals surface area contributed by atoms with E-state index in [0.717, 1.165) is 17.7 Å². The number of nitrogens with one attached hydrogen (secondary N) is 1. The molecule has 0 fully saturated rings. The Labute approximate surface area is 138 Å². The van der Waals surface area contributed by atoms with Crippen molar-refractivity contribution < 1.29 is 9.53 Å². The van der Waals surface area contributed by atoms with Crippen LogP contribution in [0.4, 0.5) is 0 Å². The third-order valence-corrected chi connectivity index (χ3v) is 4.01. The summed E-state index contributed by atoms with van der Waals surface area (Å²) < 4.78 is 5.53. The maximum atomic E-state index is 12.6. The molecule has 0 spiro atoms. The van der Waals surface area contributed by atoms with Crippen LogP contribution in [0.1, 0.15) is 53.4 Å². The van der Waals surface area contributed by atoms with E-state index in [1.165, 1.54) is 11.1 Å². The van der Waals surface area contributed by atoms with Gasteiger partial charge in [0, 0.05) is 5.56 Å². The number of carbonyl (C=O) groups excluding carboxylic acids is 1. The molecule has 0 aromatic heterocycles. The molecule has 0 aliphatic rings. The second-order valence-corrected chi connectivity index (χ2v) is 5.70. The molecule has 0 radical (unpaired) electrons. The summed E-state index contributed by atoms with van der Waals surface area (Å²) in [5.41, 5.74) is 4.01. The second kappa shape index (κ2) is 7.82. The SMILES string of the molecule is CCOc1ccc(C(=O)N[C@H](CC)c2ccccc2C)cc1C. The first-order chi connectivity index (χ1) is 11.1. The number of rotatable bonds is 6. The number of ether oxygens (including phenoxy) is 1. The molecule has 1 atom stereocenters. The monoisotopic (exact) mass is 311 g/mol. The van der Waals surface area contributed by atoms with E-state index in [1.54, 1.807) is 0 Å². The lowest BCUT2D eigenvalue weighted by Gasteiger charge is -2.20. The topological polar surface area (TPSA) is 38.3 Å². The number of carbonyl (C=O) groups is 1. The molecule has 2 aromatic rings. The van der Waals surface area contributed by atoms with Gasteiger partial charge in [0.15, 0.2) is 0 Å². The molecule has 122 valence electrons. The Kier molecular flexibility index (Phi) is 5.80. The van der Waals surface area contributed by atoms with Gasteiger partial charge in [-0.25, -0.2) is 0 Å². The fraction of sp³-hybridized carbons (Fsp3) is 0.350. The summed E-state index contributed by atoms with van der Waals surface area (Å²) in [7, 11) is 0. The van der Waals surface area contributed by atoms with Crippen molar-refractivity contribution in [1.29, 1.82) is 0 Å². The van der Waals surface area contributed by atoms with Gasteiger partial charge >= 0.3 is 0 Å². The molecule has 1 amide bonds. The lowest BCUT2D eigenvalue weighted by atomic mass is 9.99. The third kappa shape index (κ3) is 4.13. The highest BCUT2D eigenvalue weighted by Crippen LogP contribution is 2.22. The van der Waals surface area contributed by atoms with Crippen molar-refractivity contribution in [3.05, 3.63) is 64.7 Å². The first-order valence-corrected chi connectivity index (χ1v) is 8.16. The fourth-order valence-corrected chi connectivity index (χ4v) is 2.73. The summed E-state index contributed by atoms with van der Waals surface area (Å²) in [6.45, 7) is 8.69. The zero-order chi connectivity index (χ0) is 16.8. The maximum Gasteiger partial charge on any atom is 0.251 e. The van der Waals surface area contributed by atoms with E-state index in [-0.39, 0.29) is 11.9 Å². The first kappa shape index (κ1) is 17.1. The van der Waals surface area contributed by atoms with Crippen molar-refractivity contribution in [2.45, 2.75) is 40.2 Å². The molecule has 0 aliphatic heterocycles. The van der Waals surface area contributed by atoms with Crippen LogP contribution in [-0.4, -0.2) is 12.5 Å². The molecule has 0 saturated heterocycles. The molecule has 0 bridgehead atoms. The molecule has 0 unspecified atom stereocenters. The lowest BCUT2D eigenvalue weighted by molar-refractivity contribution is 0.0935. The highest BCUT2D eigenvalue weighted by Gasteiger charge is 2.16. The van der Waals surface area contributed by atoms with E-state index in [4.69, 9.17) is 4.74 Å². The van der Waals surface area contributed by atoms with Crippen LogP contribution in [0.2, 0.25) is 0 Å². The van der Waals surface area contributed by atoms with E-state index in [1.807, 2.05) is 44.2 Å². The smallest absolute Gasteiger partial charge is 0.251 e. The Morgan fingerprint density at radius 1 is 1.09 bits per heavy atom. The minimum atomic E-state index is -0.0498. The number of hydrogen-bond acceptors (Lipinski definition) is 2. The Balaban J connectivity index is 2.17. The second-order valence-electron chi connectivity index (χ2n) is 5.70. The van der Waals surface area contributed by atoms with E-state index in [2.05, 4.69) is 31.3 Å². The van der Waals surface area contributed by atoms with Crippen molar-refractivity contribution in [3.63, 3.8) is 0 Å². The van der Waals surface area contributed by atoms with Crippen LogP contribution >= 0.6 is 0 Å². The Hall–Kier alpha value is -2.29. The minimum absolute atomic E-state index is 0.0237. The highest BCUT2D eigenvalue weighted by molar-refractivity contribution is 5.94. The first-order valence-electron chi connectivity index (χ1n) is 8.16. The van der Waals surface area contributed by atoms with Crippen molar-refractivity contribution in [2.24, 2.45) is 0 Å². The normalized spacial score (nSPS) is 11.8. The van der Waals surface area contributed by atoms with Crippen molar-refractivity contribution in [1.82, 2.24) is 5.32 Å². The van der Waals surface area contributed by atoms with Crippen LogP contribution in [0.3, 0.4) is 0 Å². The fourth-order valence-electron chi connectivity index (χ4n) is 2.73. The average molecular weight is 311 g/mol. The molecule has 0 heterocycles. The summed E-state index contributed by atoms with van der Waals surface area (Å²) in [6, 6.07) is 13.8. The number of amides is 1. The molecule has 0 aliphatic carbocycles. The van der Waals surface area contributed by atoms with Crippen LogP contribution in [0.5, 0.6) is 5.75 Å². The summed E-state index contributed by atoms with van der Waals surface area (Å²) in [4.78, 5) is 12.6. The number of benzene rings is 2. The van der Waals surface area contributed by atoms with Gasteiger partial charge in [-0.15, -0.1) is 0 Å². The maximum absolute atomic E-state index is 12.6. The number of hydrogen-bond donors (Lipinski definition) is 1. The summed E-state index contributed by atoms with van der Waals surface area (Å²) in [5, 5.41) is 3.14. The minimum Gasteiger partial charge on any atom is -0.494 e. The quantitative estimate of drug-likeness (QED) is 0.847. The van der Waals surface area contributed by atoms with Gasteiger partial charge < -0.3 is 10.1 Å². The van der Waals surface area contributed by atoms with E-state index < -0.39 is 0 Å². The Morgan fingerprint density at radius 2 is 1.83 bits per heavy atom. The van der Waals surface area contributed by atoms with Crippen molar-refractivity contribution in [2.75, 3.05) is 6.61 Å². The van der Waals surface area contributed by atoms with Crippen LogP contribution in [0.25, 0.3) is 0 Å². The zero-order valence-corrected chi connectivity index (χ0v) is 14.3. The average Bonchev–Trinajstić information content (AvgIpc) is 2.55. The summed E-state index contributed by atoms with van der Waals surface area (Å²) in [6.07, 6.45) is 0.854. The van der Waals surface area contributed by atoms with Gasteiger partial charge in [-0.2, -0.15) is 0 Å². The lowest BCUT2D eigenvalue weighted by Crippen LogP contribution is -2.28. The van der Waals surface area contributed by atoms with Gasteiger partial charge in [-0.3, -0.25) is 4.79 Å². The molecular formula is C20H25NO2. The molecule has 3 nitrogen and oxygen atoms in total. The van der Waals surface area contributed by atoms with E-state index in [9.17, 15) is 4.79 Å². The van der Waals surface area contributed by atoms with Gasteiger partial charge in [-0.1, -0.05) is 31.2 Å². The van der Waals surface area contributed by atoms with Crippen molar-refractivity contribution >= 4 is 5.91 Å². The summed E-state index contributed by atoms with van der Waals surface area (Å²) >= 11 is 0. The van der Waals surface area contributed by atoms with Crippen LogP contribution in [-0.2, 0) is 0 Å². The molecule has 23 heavy (non-hydrogen) atoms. The predicted octanol–water partition coefficient (Wildman–Crippen LogP) is 4.58. The zero-order valence-electron chi connectivity index (χ0n) is 14.3. The van der Waals surface area contributed by atoms with Gasteiger partial charge in [0.2, 0.25) is 0 Å². The molecule has 2 aromatic carbocycles. The molecule has 0 saturated carbocycles. The molecule has 1 N–H and O–H groups in total. The molecular weight excluding hydrogens is 286 g/mol. The van der Waals surface area contributed by atoms with Crippen molar-refractivity contribution in [3.8, 4) is 5.75 Å². The third-order valence-electron chi connectivity index (χ3n) is 4.01. The van der Waals surface area contributed by atoms with Gasteiger partial charge in [0.25, 0.3) is 5.91 Å². The molecule has 3 heteroatoms. The van der Waals surface area contributed by atoms with E-state index in [0.29, 0.717) is 12.2 Å². The van der Waals surface area contributed by atoms with Gasteiger partial charge in [0.05, 0.1) is 12.6 Å². The number of aryl methyl sites for hydroxylation is 2. The van der Waals surface area contributed by atoms with E-state index >= 15 is 0 Å². The van der Waals surface area contributed by atoms with Crippen LogP contribution < -0.4 is 10.1 Å². The largest absolute Gasteiger partial charge is 0.494 e. The van der Waals surface area contributed by atoms with Gasteiger partial charge in [-0.05, 0) is 62.1 Å². The summed E-state index contributed by atoms with van der Waals surface area (Å²) in [5.74, 6) is 0.779. The predicted molar refractivity (Wildman–Crippen MR) is 94.0 cm³/mol. The van der Waals surface area contributed by atoms with Crippen LogP contribution in [0, 0.1) is 13.8 Å². The Morgan fingerprint density at radius 3 is 2.43 bits per heavy atom. The Bertz CT molecular complexity index is 679.